The van der Waals surface area contributed by atoms with E-state index in [0.29, 0.717) is 9.13 Å². The van der Waals surface area contributed by atoms with Crippen molar-refractivity contribution in [3.63, 3.8) is 0 Å². The maximum absolute atomic E-state index is 13.0. The van der Waals surface area contributed by atoms with Gasteiger partial charge in [0.25, 0.3) is 5.56 Å². The van der Waals surface area contributed by atoms with Gasteiger partial charge in [-0.25, -0.2) is 13.8 Å². The molecule has 0 saturated heterocycles. The molecule has 1 heterocycles. The minimum Gasteiger partial charge on any atom is -0.294 e. The number of halogens is 3. The third-order valence-corrected chi connectivity index (χ3v) is 2.87. The summed E-state index contributed by atoms with van der Waals surface area (Å²) in [6.45, 7) is 0.0946. The summed E-state index contributed by atoms with van der Waals surface area (Å²) in [4.78, 5) is 15.5. The van der Waals surface area contributed by atoms with E-state index in [0.717, 1.165) is 6.07 Å². The zero-order valence-electron chi connectivity index (χ0n) is 8.53. The first-order valence-electron chi connectivity index (χ1n) is 4.71. The van der Waals surface area contributed by atoms with Crippen LogP contribution in [0, 0.1) is 15.2 Å². The summed E-state index contributed by atoms with van der Waals surface area (Å²) in [5, 5.41) is 0. The van der Waals surface area contributed by atoms with Crippen molar-refractivity contribution in [1.82, 2.24) is 9.55 Å². The fourth-order valence-electron chi connectivity index (χ4n) is 1.44. The lowest BCUT2D eigenvalue weighted by Gasteiger charge is -2.05. The molecule has 0 aliphatic carbocycles. The molecule has 1 aromatic heterocycles. The fraction of sp³-hybridized carbons (Fsp3) is 0.0909. The van der Waals surface area contributed by atoms with Crippen LogP contribution in [0.2, 0.25) is 0 Å². The van der Waals surface area contributed by atoms with Crippen LogP contribution in [-0.2, 0) is 6.54 Å². The van der Waals surface area contributed by atoms with E-state index in [4.69, 9.17) is 0 Å². The molecule has 0 aliphatic heterocycles. The highest BCUT2D eigenvalue weighted by atomic mass is 127. The Labute approximate surface area is 109 Å². The molecule has 0 saturated carbocycles. The van der Waals surface area contributed by atoms with Crippen LogP contribution in [0.3, 0.4) is 0 Å². The van der Waals surface area contributed by atoms with E-state index in [-0.39, 0.29) is 12.1 Å². The SMILES string of the molecule is O=c1c(I)cncn1Cc1cc(F)cc(F)c1. The van der Waals surface area contributed by atoms with E-state index in [1.54, 1.807) is 0 Å². The third kappa shape index (κ3) is 2.87. The van der Waals surface area contributed by atoms with Crippen LogP contribution in [0.1, 0.15) is 5.56 Å². The summed E-state index contributed by atoms with van der Waals surface area (Å²) in [5.74, 6) is -1.32. The first-order valence-corrected chi connectivity index (χ1v) is 5.79. The number of rotatable bonds is 2. The first kappa shape index (κ1) is 12.2. The average molecular weight is 348 g/mol. The highest BCUT2D eigenvalue weighted by molar-refractivity contribution is 14.1. The highest BCUT2D eigenvalue weighted by Gasteiger charge is 2.04. The van der Waals surface area contributed by atoms with Gasteiger partial charge in [-0.2, -0.15) is 0 Å². The molecule has 0 spiro atoms. The van der Waals surface area contributed by atoms with Crippen LogP contribution >= 0.6 is 22.6 Å². The number of aromatic nitrogens is 2. The lowest BCUT2D eigenvalue weighted by Crippen LogP contribution is -2.23. The van der Waals surface area contributed by atoms with Crippen LogP contribution < -0.4 is 5.56 Å². The Balaban J connectivity index is 2.38. The minimum atomic E-state index is -0.661. The maximum Gasteiger partial charge on any atom is 0.267 e. The zero-order chi connectivity index (χ0) is 12.4. The standard InChI is InChI=1S/C11H7F2IN2O/c12-8-1-7(2-9(13)3-8)5-16-6-15-4-10(14)11(16)17/h1-4,6H,5H2. The topological polar surface area (TPSA) is 34.9 Å². The molecule has 2 rings (SSSR count). The molecule has 0 unspecified atom stereocenters. The summed E-state index contributed by atoms with van der Waals surface area (Å²) in [5.41, 5.74) is 0.152. The fourth-order valence-corrected chi connectivity index (χ4v) is 1.91. The summed E-state index contributed by atoms with van der Waals surface area (Å²) >= 11 is 1.86. The van der Waals surface area contributed by atoms with Crippen LogP contribution in [0.25, 0.3) is 0 Å². The molecule has 0 atom stereocenters. The number of benzene rings is 1. The van der Waals surface area contributed by atoms with Gasteiger partial charge < -0.3 is 0 Å². The number of hydrogen-bond acceptors (Lipinski definition) is 2. The van der Waals surface area contributed by atoms with Gasteiger partial charge in [0.1, 0.15) is 11.6 Å². The van der Waals surface area contributed by atoms with Crippen molar-refractivity contribution in [3.05, 3.63) is 61.8 Å². The predicted molar refractivity (Wildman–Crippen MR) is 66.7 cm³/mol. The van der Waals surface area contributed by atoms with Crippen molar-refractivity contribution in [2.75, 3.05) is 0 Å². The van der Waals surface area contributed by atoms with Crippen molar-refractivity contribution >= 4 is 22.6 Å². The van der Waals surface area contributed by atoms with E-state index in [2.05, 4.69) is 4.98 Å². The molecular weight excluding hydrogens is 341 g/mol. The van der Waals surface area contributed by atoms with Crippen molar-refractivity contribution in [1.29, 1.82) is 0 Å². The van der Waals surface area contributed by atoms with Crippen molar-refractivity contribution in [2.24, 2.45) is 0 Å². The lowest BCUT2D eigenvalue weighted by molar-refractivity contribution is 0.576. The summed E-state index contributed by atoms with van der Waals surface area (Å²) in [7, 11) is 0. The number of nitrogens with zero attached hydrogens (tertiary/aromatic N) is 2. The smallest absolute Gasteiger partial charge is 0.267 e. The minimum absolute atomic E-state index is 0.0946. The quantitative estimate of drug-likeness (QED) is 0.780. The van der Waals surface area contributed by atoms with Gasteiger partial charge in [0.15, 0.2) is 0 Å². The summed E-state index contributed by atoms with van der Waals surface area (Å²) in [6, 6.07) is 3.17. The largest absolute Gasteiger partial charge is 0.294 e. The Morgan fingerprint density at radius 1 is 1.24 bits per heavy atom. The molecule has 1 aromatic carbocycles. The number of hydrogen-bond donors (Lipinski definition) is 0. The summed E-state index contributed by atoms with van der Waals surface area (Å²) < 4.78 is 27.7. The van der Waals surface area contributed by atoms with Gasteiger partial charge in [-0.05, 0) is 40.3 Å². The zero-order valence-corrected chi connectivity index (χ0v) is 10.7. The van der Waals surface area contributed by atoms with E-state index in [1.807, 2.05) is 22.6 Å². The Kier molecular flexibility index (Phi) is 3.51. The monoisotopic (exact) mass is 348 g/mol. The third-order valence-electron chi connectivity index (χ3n) is 2.13. The molecule has 17 heavy (non-hydrogen) atoms. The Morgan fingerprint density at radius 2 is 1.88 bits per heavy atom. The van der Waals surface area contributed by atoms with Gasteiger partial charge in [0.05, 0.1) is 16.4 Å². The molecule has 6 heteroatoms. The Hall–Kier alpha value is -1.31. The molecule has 0 bridgehead atoms. The van der Waals surface area contributed by atoms with E-state index in [9.17, 15) is 13.6 Å². The molecule has 0 amide bonds. The van der Waals surface area contributed by atoms with E-state index < -0.39 is 11.6 Å². The van der Waals surface area contributed by atoms with Gasteiger partial charge in [-0.3, -0.25) is 9.36 Å². The van der Waals surface area contributed by atoms with Crippen LogP contribution in [0.15, 0.2) is 35.5 Å². The van der Waals surface area contributed by atoms with Crippen LogP contribution in [0.5, 0.6) is 0 Å². The highest BCUT2D eigenvalue weighted by Crippen LogP contribution is 2.08. The predicted octanol–water partition coefficient (Wildman–Crippen LogP) is 2.17. The van der Waals surface area contributed by atoms with E-state index in [1.165, 1.54) is 29.2 Å². The first-order chi connectivity index (χ1) is 8.06. The van der Waals surface area contributed by atoms with Gasteiger partial charge in [0.2, 0.25) is 0 Å². The van der Waals surface area contributed by atoms with Gasteiger partial charge in [-0.1, -0.05) is 0 Å². The molecule has 0 aliphatic rings. The molecule has 0 radical (unpaired) electrons. The average Bonchev–Trinajstić information content (AvgIpc) is 2.23. The molecule has 88 valence electrons. The molecule has 2 aromatic rings. The molecular formula is C11H7F2IN2O. The second-order valence-electron chi connectivity index (χ2n) is 3.45. The molecule has 0 fully saturated rings. The maximum atomic E-state index is 13.0. The second-order valence-corrected chi connectivity index (χ2v) is 4.61. The van der Waals surface area contributed by atoms with Crippen molar-refractivity contribution < 1.29 is 8.78 Å². The molecule has 3 nitrogen and oxygen atoms in total. The van der Waals surface area contributed by atoms with Gasteiger partial charge >= 0.3 is 0 Å². The lowest BCUT2D eigenvalue weighted by atomic mass is 10.2. The van der Waals surface area contributed by atoms with Crippen LogP contribution in [-0.4, -0.2) is 9.55 Å². The molecule has 0 N–H and O–H groups in total. The van der Waals surface area contributed by atoms with Gasteiger partial charge in [0, 0.05) is 12.3 Å². The Morgan fingerprint density at radius 3 is 2.53 bits per heavy atom. The van der Waals surface area contributed by atoms with Crippen molar-refractivity contribution in [3.8, 4) is 0 Å². The summed E-state index contributed by atoms with van der Waals surface area (Å²) in [6.07, 6.45) is 2.78. The van der Waals surface area contributed by atoms with Crippen LogP contribution in [0.4, 0.5) is 8.78 Å². The van der Waals surface area contributed by atoms with Crippen molar-refractivity contribution in [2.45, 2.75) is 6.54 Å². The second kappa shape index (κ2) is 4.91. The van der Waals surface area contributed by atoms with E-state index >= 15 is 0 Å². The normalized spacial score (nSPS) is 10.5. The van der Waals surface area contributed by atoms with Gasteiger partial charge in [-0.15, -0.1) is 0 Å². The Bertz CT molecular complexity index is 592.